The van der Waals surface area contributed by atoms with Crippen molar-refractivity contribution in [3.63, 3.8) is 0 Å². The van der Waals surface area contributed by atoms with Crippen molar-refractivity contribution in [2.45, 2.75) is 51.8 Å². The molecule has 0 spiro atoms. The molecule has 14 heavy (non-hydrogen) atoms. The zero-order valence-corrected chi connectivity index (χ0v) is 9.01. The van der Waals surface area contributed by atoms with Crippen LogP contribution in [0.3, 0.4) is 0 Å². The Kier molecular flexibility index (Phi) is 4.31. The van der Waals surface area contributed by atoms with Crippen LogP contribution in [0.2, 0.25) is 0 Å². The second-order valence-electron chi connectivity index (χ2n) is 3.72. The van der Waals surface area contributed by atoms with E-state index in [1.54, 1.807) is 0 Å². The fourth-order valence-electron chi connectivity index (χ4n) is 1.96. The predicted octanol–water partition coefficient (Wildman–Crippen LogP) is 0.516. The summed E-state index contributed by atoms with van der Waals surface area (Å²) in [7, 11) is 0. The van der Waals surface area contributed by atoms with E-state index in [2.05, 4.69) is 0 Å². The molecule has 1 heterocycles. The molecule has 0 amide bonds. The molecule has 1 fully saturated rings. The van der Waals surface area contributed by atoms with Crippen LogP contribution in [0.25, 0.3) is 0 Å². The average molecular weight is 204 g/mol. The Morgan fingerprint density at radius 2 is 1.86 bits per heavy atom. The first-order chi connectivity index (χ1) is 6.61. The van der Waals surface area contributed by atoms with Crippen LogP contribution in [0.5, 0.6) is 0 Å². The van der Waals surface area contributed by atoms with Crippen molar-refractivity contribution < 1.29 is 19.7 Å². The Bertz CT molecular complexity index is 172. The van der Waals surface area contributed by atoms with Gasteiger partial charge in [-0.05, 0) is 20.3 Å². The molecule has 0 radical (unpaired) electrons. The zero-order chi connectivity index (χ0) is 10.7. The van der Waals surface area contributed by atoms with E-state index in [9.17, 15) is 10.2 Å². The van der Waals surface area contributed by atoms with Gasteiger partial charge in [0.2, 0.25) is 0 Å². The van der Waals surface area contributed by atoms with Crippen molar-refractivity contribution in [3.05, 3.63) is 0 Å². The lowest BCUT2D eigenvalue weighted by Crippen LogP contribution is -2.54. The number of aliphatic hydroxyl groups is 2. The average Bonchev–Trinajstić information content (AvgIpc) is 2.15. The summed E-state index contributed by atoms with van der Waals surface area (Å²) in [6.45, 7) is 6.17. The maximum absolute atomic E-state index is 9.79. The van der Waals surface area contributed by atoms with Gasteiger partial charge in [-0.2, -0.15) is 0 Å². The van der Waals surface area contributed by atoms with E-state index in [-0.39, 0.29) is 12.0 Å². The van der Waals surface area contributed by atoms with Gasteiger partial charge in [-0.15, -0.1) is 0 Å². The number of aliphatic hydroxyl groups excluding tert-OH is 2. The van der Waals surface area contributed by atoms with Crippen LogP contribution in [-0.2, 0) is 9.47 Å². The Hall–Kier alpha value is -0.160. The summed E-state index contributed by atoms with van der Waals surface area (Å²) in [6.07, 6.45) is -1.66. The van der Waals surface area contributed by atoms with Crippen LogP contribution in [0.1, 0.15) is 27.2 Å². The first-order valence-corrected chi connectivity index (χ1v) is 5.25. The molecule has 0 aromatic rings. The van der Waals surface area contributed by atoms with Crippen LogP contribution in [0.15, 0.2) is 0 Å². The maximum atomic E-state index is 9.79. The quantitative estimate of drug-likeness (QED) is 0.703. The summed E-state index contributed by atoms with van der Waals surface area (Å²) >= 11 is 0. The standard InChI is InChI=1S/C10H20O4/c1-4-7-6(3)14-10(13-5-2)9(12)8(7)11/h6-12H,4-5H2,1-3H3/t6?,7?,8-,9?,10-/m0/s1. The van der Waals surface area contributed by atoms with Crippen molar-refractivity contribution in [1.82, 2.24) is 0 Å². The van der Waals surface area contributed by atoms with Gasteiger partial charge in [-0.1, -0.05) is 6.92 Å². The lowest BCUT2D eigenvalue weighted by atomic mass is 9.88. The van der Waals surface area contributed by atoms with Crippen LogP contribution in [0, 0.1) is 5.92 Å². The highest BCUT2D eigenvalue weighted by Crippen LogP contribution is 2.28. The zero-order valence-electron chi connectivity index (χ0n) is 9.01. The largest absolute Gasteiger partial charge is 0.390 e. The smallest absolute Gasteiger partial charge is 0.186 e. The highest BCUT2D eigenvalue weighted by Gasteiger charge is 2.41. The van der Waals surface area contributed by atoms with Gasteiger partial charge >= 0.3 is 0 Å². The lowest BCUT2D eigenvalue weighted by Gasteiger charge is -2.41. The first-order valence-electron chi connectivity index (χ1n) is 5.25. The Morgan fingerprint density at radius 3 is 2.36 bits per heavy atom. The number of ether oxygens (including phenoxy) is 2. The maximum Gasteiger partial charge on any atom is 0.186 e. The van der Waals surface area contributed by atoms with Crippen molar-refractivity contribution in [2.75, 3.05) is 6.61 Å². The molecule has 0 aromatic carbocycles. The molecule has 3 unspecified atom stereocenters. The van der Waals surface area contributed by atoms with Crippen LogP contribution < -0.4 is 0 Å². The molecule has 1 aliphatic rings. The summed E-state index contributed by atoms with van der Waals surface area (Å²) in [5.41, 5.74) is 0. The van der Waals surface area contributed by atoms with E-state index < -0.39 is 18.5 Å². The Labute approximate surface area is 84.8 Å². The molecular formula is C10H20O4. The highest BCUT2D eigenvalue weighted by atomic mass is 16.7. The minimum Gasteiger partial charge on any atom is -0.390 e. The third-order valence-electron chi connectivity index (χ3n) is 2.82. The lowest BCUT2D eigenvalue weighted by molar-refractivity contribution is -0.281. The van der Waals surface area contributed by atoms with E-state index in [1.807, 2.05) is 20.8 Å². The highest BCUT2D eigenvalue weighted by molar-refractivity contribution is 4.86. The molecule has 0 saturated carbocycles. The fraction of sp³-hybridized carbons (Fsp3) is 1.00. The second kappa shape index (κ2) is 5.07. The fourth-order valence-corrected chi connectivity index (χ4v) is 1.96. The summed E-state index contributed by atoms with van der Waals surface area (Å²) < 4.78 is 10.7. The Balaban J connectivity index is 2.62. The molecule has 1 saturated heterocycles. The van der Waals surface area contributed by atoms with E-state index in [0.29, 0.717) is 6.61 Å². The molecule has 0 aliphatic carbocycles. The van der Waals surface area contributed by atoms with Crippen molar-refractivity contribution in [1.29, 1.82) is 0 Å². The molecule has 84 valence electrons. The van der Waals surface area contributed by atoms with Gasteiger partial charge in [-0.3, -0.25) is 0 Å². The molecule has 4 heteroatoms. The summed E-state index contributed by atoms with van der Waals surface area (Å²) in [5.74, 6) is -0.0123. The van der Waals surface area contributed by atoms with Gasteiger partial charge in [0.15, 0.2) is 6.29 Å². The van der Waals surface area contributed by atoms with E-state index in [4.69, 9.17) is 9.47 Å². The second-order valence-corrected chi connectivity index (χ2v) is 3.72. The van der Waals surface area contributed by atoms with Crippen LogP contribution in [-0.4, -0.2) is 41.4 Å². The molecule has 2 N–H and O–H groups in total. The molecular weight excluding hydrogens is 184 g/mol. The first kappa shape index (κ1) is 11.9. The van der Waals surface area contributed by atoms with Gasteiger partial charge in [0.25, 0.3) is 0 Å². The summed E-state index contributed by atoms with van der Waals surface area (Å²) in [6, 6.07) is 0. The van der Waals surface area contributed by atoms with E-state index in [1.165, 1.54) is 0 Å². The van der Waals surface area contributed by atoms with Crippen molar-refractivity contribution in [3.8, 4) is 0 Å². The molecule has 1 aliphatic heterocycles. The molecule has 0 bridgehead atoms. The van der Waals surface area contributed by atoms with Crippen LogP contribution in [0.4, 0.5) is 0 Å². The predicted molar refractivity (Wildman–Crippen MR) is 51.8 cm³/mol. The Morgan fingerprint density at radius 1 is 1.21 bits per heavy atom. The minimum atomic E-state index is -0.934. The van der Waals surface area contributed by atoms with Crippen molar-refractivity contribution in [2.24, 2.45) is 5.92 Å². The third-order valence-corrected chi connectivity index (χ3v) is 2.82. The third kappa shape index (κ3) is 2.25. The molecule has 0 aromatic heterocycles. The number of hydrogen-bond donors (Lipinski definition) is 2. The van der Waals surface area contributed by atoms with E-state index in [0.717, 1.165) is 6.42 Å². The van der Waals surface area contributed by atoms with Gasteiger partial charge in [0, 0.05) is 12.5 Å². The van der Waals surface area contributed by atoms with Gasteiger partial charge in [0.05, 0.1) is 12.2 Å². The van der Waals surface area contributed by atoms with Crippen LogP contribution >= 0.6 is 0 Å². The minimum absolute atomic E-state index is 0.0123. The van der Waals surface area contributed by atoms with Gasteiger partial charge < -0.3 is 19.7 Å². The molecule has 5 atom stereocenters. The monoisotopic (exact) mass is 204 g/mol. The summed E-state index contributed by atoms with van der Waals surface area (Å²) in [4.78, 5) is 0. The van der Waals surface area contributed by atoms with Gasteiger partial charge in [-0.25, -0.2) is 0 Å². The molecule has 4 nitrogen and oxygen atoms in total. The normalized spacial score (nSPS) is 43.9. The topological polar surface area (TPSA) is 58.9 Å². The number of rotatable bonds is 3. The SMILES string of the molecule is CCO[C@H]1OC(C)C(CC)[C@H](O)C1O. The van der Waals surface area contributed by atoms with Gasteiger partial charge in [0.1, 0.15) is 6.10 Å². The molecule has 1 rings (SSSR count). The number of hydrogen-bond acceptors (Lipinski definition) is 4. The summed E-state index contributed by atoms with van der Waals surface area (Å²) in [5, 5.41) is 19.5. The van der Waals surface area contributed by atoms with E-state index >= 15 is 0 Å². The van der Waals surface area contributed by atoms with Crippen molar-refractivity contribution >= 4 is 0 Å².